The molecule has 1 heterocycles. The van der Waals surface area contributed by atoms with Gasteiger partial charge in [-0.1, -0.05) is 0 Å². The molecule has 0 amide bonds. The second kappa shape index (κ2) is 5.69. The molecule has 1 aliphatic rings. The number of hydrogen-bond acceptors (Lipinski definition) is 3. The first-order valence-electron chi connectivity index (χ1n) is 5.49. The van der Waals surface area contributed by atoms with Gasteiger partial charge in [0.1, 0.15) is 0 Å². The van der Waals surface area contributed by atoms with Gasteiger partial charge in [0.05, 0.1) is 18.3 Å². The quantitative estimate of drug-likeness (QED) is 0.738. The SMILES string of the molecule is COCC1(CC[C@@H](C)O)CCCCO1. The summed E-state index contributed by atoms with van der Waals surface area (Å²) in [6.45, 7) is 3.31. The molecule has 84 valence electrons. The topological polar surface area (TPSA) is 38.7 Å². The molecule has 1 aliphatic heterocycles. The third-order valence-corrected chi connectivity index (χ3v) is 2.86. The minimum absolute atomic E-state index is 0.121. The zero-order chi connectivity index (χ0) is 10.4. The summed E-state index contributed by atoms with van der Waals surface area (Å²) in [6, 6.07) is 0. The van der Waals surface area contributed by atoms with Gasteiger partial charge in [-0.25, -0.2) is 0 Å². The van der Waals surface area contributed by atoms with Gasteiger partial charge in [0.15, 0.2) is 0 Å². The Bertz CT molecular complexity index is 145. The van der Waals surface area contributed by atoms with Crippen LogP contribution in [0, 0.1) is 0 Å². The molecule has 0 aromatic rings. The summed E-state index contributed by atoms with van der Waals surface area (Å²) in [4.78, 5) is 0. The predicted molar refractivity (Wildman–Crippen MR) is 55.3 cm³/mol. The highest BCUT2D eigenvalue weighted by molar-refractivity contribution is 4.83. The average Bonchev–Trinajstić information content (AvgIpc) is 2.17. The number of aliphatic hydroxyl groups is 1. The standard InChI is InChI=1S/C11H22O3/c1-10(12)5-7-11(9-13-2)6-3-4-8-14-11/h10,12H,3-9H2,1-2H3/t10-,11?/m1/s1. The number of aliphatic hydroxyl groups excluding tert-OH is 1. The minimum Gasteiger partial charge on any atom is -0.393 e. The third kappa shape index (κ3) is 3.56. The van der Waals surface area contributed by atoms with E-state index < -0.39 is 0 Å². The Morgan fingerprint density at radius 2 is 2.29 bits per heavy atom. The Balaban J connectivity index is 2.42. The number of rotatable bonds is 5. The summed E-state index contributed by atoms with van der Waals surface area (Å²) in [5.41, 5.74) is -0.121. The van der Waals surface area contributed by atoms with Crippen LogP contribution < -0.4 is 0 Å². The second-order valence-corrected chi connectivity index (χ2v) is 4.31. The van der Waals surface area contributed by atoms with Crippen LogP contribution in [0.3, 0.4) is 0 Å². The summed E-state index contributed by atoms with van der Waals surface area (Å²) in [7, 11) is 1.71. The maximum absolute atomic E-state index is 9.27. The van der Waals surface area contributed by atoms with E-state index in [-0.39, 0.29) is 11.7 Å². The highest BCUT2D eigenvalue weighted by Gasteiger charge is 2.33. The number of ether oxygens (including phenoxy) is 2. The molecule has 0 aromatic carbocycles. The molecule has 14 heavy (non-hydrogen) atoms. The fourth-order valence-corrected chi connectivity index (χ4v) is 2.03. The van der Waals surface area contributed by atoms with Crippen LogP contribution >= 0.6 is 0 Å². The van der Waals surface area contributed by atoms with Gasteiger partial charge in [-0.05, 0) is 39.0 Å². The van der Waals surface area contributed by atoms with Crippen LogP contribution in [0.1, 0.15) is 39.0 Å². The first-order chi connectivity index (χ1) is 6.68. The fraction of sp³-hybridized carbons (Fsp3) is 1.00. The first kappa shape index (κ1) is 12.0. The summed E-state index contributed by atoms with van der Waals surface area (Å²) in [5.74, 6) is 0. The molecule has 1 N–H and O–H groups in total. The molecule has 1 unspecified atom stereocenters. The molecule has 3 heteroatoms. The lowest BCUT2D eigenvalue weighted by atomic mass is 9.89. The molecule has 0 bridgehead atoms. The Hall–Kier alpha value is -0.120. The maximum atomic E-state index is 9.27. The lowest BCUT2D eigenvalue weighted by molar-refractivity contribution is -0.123. The van der Waals surface area contributed by atoms with Crippen LogP contribution in [0.4, 0.5) is 0 Å². The van der Waals surface area contributed by atoms with E-state index in [4.69, 9.17) is 9.47 Å². The monoisotopic (exact) mass is 202 g/mol. The van der Waals surface area contributed by atoms with Gasteiger partial charge in [0.2, 0.25) is 0 Å². The Kier molecular flexibility index (Phi) is 4.85. The fourth-order valence-electron chi connectivity index (χ4n) is 2.03. The lowest BCUT2D eigenvalue weighted by Gasteiger charge is -2.37. The van der Waals surface area contributed by atoms with Crippen LogP contribution in [0.2, 0.25) is 0 Å². The Morgan fingerprint density at radius 1 is 1.50 bits per heavy atom. The highest BCUT2D eigenvalue weighted by atomic mass is 16.5. The summed E-state index contributed by atoms with van der Waals surface area (Å²) in [6.07, 6.45) is 4.88. The Morgan fingerprint density at radius 3 is 2.79 bits per heavy atom. The molecular formula is C11H22O3. The van der Waals surface area contributed by atoms with Gasteiger partial charge in [-0.2, -0.15) is 0 Å². The van der Waals surface area contributed by atoms with Gasteiger partial charge in [-0.3, -0.25) is 0 Å². The van der Waals surface area contributed by atoms with Crippen molar-refractivity contribution in [3.05, 3.63) is 0 Å². The minimum atomic E-state index is -0.241. The molecule has 2 atom stereocenters. The number of methoxy groups -OCH3 is 1. The maximum Gasteiger partial charge on any atom is 0.0915 e. The molecule has 1 rings (SSSR count). The molecule has 1 saturated heterocycles. The lowest BCUT2D eigenvalue weighted by Crippen LogP contribution is -2.41. The van der Waals surface area contributed by atoms with Crippen molar-refractivity contribution < 1.29 is 14.6 Å². The third-order valence-electron chi connectivity index (χ3n) is 2.86. The molecule has 0 saturated carbocycles. The smallest absolute Gasteiger partial charge is 0.0915 e. The van der Waals surface area contributed by atoms with Crippen molar-refractivity contribution in [3.8, 4) is 0 Å². The summed E-state index contributed by atoms with van der Waals surface area (Å²) < 4.78 is 11.0. The zero-order valence-electron chi connectivity index (χ0n) is 9.29. The molecule has 0 aliphatic carbocycles. The van der Waals surface area contributed by atoms with Crippen molar-refractivity contribution in [2.75, 3.05) is 20.3 Å². The largest absolute Gasteiger partial charge is 0.393 e. The molecule has 3 nitrogen and oxygen atoms in total. The van der Waals surface area contributed by atoms with Crippen LogP contribution in [-0.2, 0) is 9.47 Å². The van der Waals surface area contributed by atoms with Crippen molar-refractivity contribution in [1.29, 1.82) is 0 Å². The summed E-state index contributed by atoms with van der Waals surface area (Å²) in [5, 5.41) is 9.27. The van der Waals surface area contributed by atoms with Crippen molar-refractivity contribution in [1.82, 2.24) is 0 Å². The van der Waals surface area contributed by atoms with E-state index in [0.717, 1.165) is 32.3 Å². The van der Waals surface area contributed by atoms with E-state index in [0.29, 0.717) is 6.61 Å². The van der Waals surface area contributed by atoms with E-state index in [1.54, 1.807) is 7.11 Å². The van der Waals surface area contributed by atoms with Gasteiger partial charge >= 0.3 is 0 Å². The molecule has 0 radical (unpaired) electrons. The predicted octanol–water partition coefficient (Wildman–Crippen LogP) is 1.73. The second-order valence-electron chi connectivity index (χ2n) is 4.31. The molecule has 0 spiro atoms. The van der Waals surface area contributed by atoms with Gasteiger partial charge in [0.25, 0.3) is 0 Å². The van der Waals surface area contributed by atoms with E-state index in [1.807, 2.05) is 6.92 Å². The highest BCUT2D eigenvalue weighted by Crippen LogP contribution is 2.30. The van der Waals surface area contributed by atoms with E-state index in [9.17, 15) is 5.11 Å². The van der Waals surface area contributed by atoms with Gasteiger partial charge in [0, 0.05) is 13.7 Å². The normalized spacial score (nSPS) is 30.2. The van der Waals surface area contributed by atoms with E-state index >= 15 is 0 Å². The molecular weight excluding hydrogens is 180 g/mol. The van der Waals surface area contributed by atoms with Crippen LogP contribution in [-0.4, -0.2) is 37.1 Å². The first-order valence-corrected chi connectivity index (χ1v) is 5.49. The van der Waals surface area contributed by atoms with Crippen LogP contribution in [0.25, 0.3) is 0 Å². The van der Waals surface area contributed by atoms with E-state index in [1.165, 1.54) is 6.42 Å². The summed E-state index contributed by atoms with van der Waals surface area (Å²) >= 11 is 0. The average molecular weight is 202 g/mol. The Labute approximate surface area is 86.4 Å². The van der Waals surface area contributed by atoms with Crippen LogP contribution in [0.15, 0.2) is 0 Å². The van der Waals surface area contributed by atoms with Crippen molar-refractivity contribution >= 4 is 0 Å². The zero-order valence-corrected chi connectivity index (χ0v) is 9.29. The number of hydrogen-bond donors (Lipinski definition) is 1. The van der Waals surface area contributed by atoms with Gasteiger partial charge in [-0.15, -0.1) is 0 Å². The molecule has 1 fully saturated rings. The van der Waals surface area contributed by atoms with Crippen molar-refractivity contribution in [3.63, 3.8) is 0 Å². The molecule has 0 aromatic heterocycles. The van der Waals surface area contributed by atoms with Crippen molar-refractivity contribution in [2.45, 2.75) is 50.7 Å². The van der Waals surface area contributed by atoms with Gasteiger partial charge < -0.3 is 14.6 Å². The van der Waals surface area contributed by atoms with Crippen molar-refractivity contribution in [2.24, 2.45) is 0 Å². The van der Waals surface area contributed by atoms with E-state index in [2.05, 4.69) is 0 Å². The van der Waals surface area contributed by atoms with Crippen LogP contribution in [0.5, 0.6) is 0 Å².